The average molecular weight is 251 g/mol. The standard InChI is InChI=1S/C10H13N5O3/c1-6-5-7(15(17)18)3-4-8(6)14(2)9(11)13-10(12)16/h3-5H,1-2H3,(H4,11,12,13,16). The molecule has 2 amide bonds. The lowest BCUT2D eigenvalue weighted by Gasteiger charge is -2.21. The molecular weight excluding hydrogens is 238 g/mol. The maximum atomic E-state index is 10.6. The van der Waals surface area contributed by atoms with E-state index in [1.807, 2.05) is 0 Å². The monoisotopic (exact) mass is 251 g/mol. The van der Waals surface area contributed by atoms with Crippen LogP contribution in [0.25, 0.3) is 0 Å². The van der Waals surface area contributed by atoms with Gasteiger partial charge in [-0.25, -0.2) is 4.79 Å². The lowest BCUT2D eigenvalue weighted by atomic mass is 10.1. The van der Waals surface area contributed by atoms with Crippen molar-refractivity contribution in [2.24, 2.45) is 5.73 Å². The highest BCUT2D eigenvalue weighted by Crippen LogP contribution is 2.23. The first-order valence-corrected chi connectivity index (χ1v) is 4.96. The van der Waals surface area contributed by atoms with Gasteiger partial charge in [0.1, 0.15) is 0 Å². The highest BCUT2D eigenvalue weighted by atomic mass is 16.6. The third kappa shape index (κ3) is 2.94. The van der Waals surface area contributed by atoms with Crippen molar-refractivity contribution >= 4 is 23.4 Å². The number of carbonyl (C=O) groups is 1. The Morgan fingerprint density at radius 1 is 1.56 bits per heavy atom. The molecule has 0 unspecified atom stereocenters. The highest BCUT2D eigenvalue weighted by Gasteiger charge is 2.14. The zero-order chi connectivity index (χ0) is 13.9. The zero-order valence-electron chi connectivity index (χ0n) is 9.93. The number of non-ortho nitro benzene ring substituents is 1. The number of aryl methyl sites for hydroxylation is 1. The van der Waals surface area contributed by atoms with Crippen LogP contribution in [0.4, 0.5) is 16.2 Å². The second-order valence-corrected chi connectivity index (χ2v) is 3.62. The molecule has 96 valence electrons. The first-order valence-electron chi connectivity index (χ1n) is 4.96. The number of urea groups is 1. The molecule has 0 aliphatic heterocycles. The van der Waals surface area contributed by atoms with Crippen molar-refractivity contribution in [3.8, 4) is 0 Å². The van der Waals surface area contributed by atoms with Gasteiger partial charge in [-0.2, -0.15) is 0 Å². The number of carbonyl (C=O) groups excluding carboxylic acids is 1. The summed E-state index contributed by atoms with van der Waals surface area (Å²) >= 11 is 0. The van der Waals surface area contributed by atoms with Gasteiger partial charge < -0.3 is 10.6 Å². The molecule has 0 aliphatic rings. The molecule has 0 heterocycles. The molecule has 8 heteroatoms. The van der Waals surface area contributed by atoms with Crippen LogP contribution in [0.1, 0.15) is 5.56 Å². The lowest BCUT2D eigenvalue weighted by molar-refractivity contribution is -0.384. The normalized spacial score (nSPS) is 9.67. The third-order valence-corrected chi connectivity index (χ3v) is 2.33. The van der Waals surface area contributed by atoms with Crippen LogP contribution in [0.5, 0.6) is 0 Å². The summed E-state index contributed by atoms with van der Waals surface area (Å²) in [6.45, 7) is 1.68. The molecule has 0 aliphatic carbocycles. The minimum absolute atomic E-state index is 0.0287. The molecule has 1 aromatic carbocycles. The Morgan fingerprint density at radius 3 is 2.61 bits per heavy atom. The Kier molecular flexibility index (Phi) is 3.82. The summed E-state index contributed by atoms with van der Waals surface area (Å²) < 4.78 is 0. The van der Waals surface area contributed by atoms with Crippen LogP contribution < -0.4 is 16.0 Å². The summed E-state index contributed by atoms with van der Waals surface area (Å²) in [6, 6.07) is 3.39. The first kappa shape index (κ1) is 13.4. The molecule has 0 bridgehead atoms. The van der Waals surface area contributed by atoms with Crippen molar-refractivity contribution in [3.63, 3.8) is 0 Å². The molecule has 0 saturated heterocycles. The number of nitrogens with zero attached hydrogens (tertiary/aromatic N) is 2. The number of nitrogens with two attached hydrogens (primary N) is 1. The van der Waals surface area contributed by atoms with Crippen molar-refractivity contribution in [3.05, 3.63) is 33.9 Å². The molecule has 0 radical (unpaired) electrons. The van der Waals surface area contributed by atoms with Crippen LogP contribution in [0, 0.1) is 22.4 Å². The highest BCUT2D eigenvalue weighted by molar-refractivity contribution is 6.03. The minimum atomic E-state index is -0.841. The van der Waals surface area contributed by atoms with E-state index in [4.69, 9.17) is 11.1 Å². The number of guanidine groups is 1. The van der Waals surface area contributed by atoms with Crippen LogP contribution in [-0.2, 0) is 0 Å². The average Bonchev–Trinajstić information content (AvgIpc) is 2.26. The van der Waals surface area contributed by atoms with E-state index in [1.54, 1.807) is 14.0 Å². The summed E-state index contributed by atoms with van der Waals surface area (Å²) in [5.41, 5.74) is 6.06. The Bertz CT molecular complexity index is 514. The Balaban J connectivity index is 3.00. The molecule has 0 spiro atoms. The summed E-state index contributed by atoms with van der Waals surface area (Å²) in [5, 5.41) is 20.3. The number of primary amides is 1. The number of rotatable bonds is 2. The summed E-state index contributed by atoms with van der Waals surface area (Å²) in [4.78, 5) is 22.1. The summed E-state index contributed by atoms with van der Waals surface area (Å²) in [7, 11) is 1.55. The predicted octanol–water partition coefficient (Wildman–Crippen LogP) is 0.942. The number of anilines is 1. The number of nitrogens with one attached hydrogen (secondary N) is 2. The van der Waals surface area contributed by atoms with E-state index in [9.17, 15) is 14.9 Å². The van der Waals surface area contributed by atoms with Crippen molar-refractivity contribution in [2.45, 2.75) is 6.92 Å². The van der Waals surface area contributed by atoms with Gasteiger partial charge >= 0.3 is 6.03 Å². The maximum Gasteiger partial charge on any atom is 0.318 e. The number of hydrogen-bond acceptors (Lipinski definition) is 4. The van der Waals surface area contributed by atoms with Gasteiger partial charge in [0.2, 0.25) is 5.96 Å². The van der Waals surface area contributed by atoms with Gasteiger partial charge in [0, 0.05) is 24.9 Å². The number of amides is 2. The quantitative estimate of drug-likeness (QED) is 0.313. The van der Waals surface area contributed by atoms with Gasteiger partial charge in [-0.05, 0) is 18.6 Å². The second-order valence-electron chi connectivity index (χ2n) is 3.62. The largest absolute Gasteiger partial charge is 0.351 e. The van der Waals surface area contributed by atoms with Gasteiger partial charge in [-0.1, -0.05) is 0 Å². The summed E-state index contributed by atoms with van der Waals surface area (Å²) in [6.07, 6.45) is 0. The molecule has 8 nitrogen and oxygen atoms in total. The van der Waals surface area contributed by atoms with E-state index in [0.717, 1.165) is 0 Å². The number of nitro groups is 1. The van der Waals surface area contributed by atoms with Crippen LogP contribution in [0.15, 0.2) is 18.2 Å². The fourth-order valence-electron chi connectivity index (χ4n) is 1.45. The van der Waals surface area contributed by atoms with Gasteiger partial charge in [-0.15, -0.1) is 0 Å². The number of benzene rings is 1. The van der Waals surface area contributed by atoms with E-state index < -0.39 is 11.0 Å². The fourth-order valence-corrected chi connectivity index (χ4v) is 1.45. The van der Waals surface area contributed by atoms with E-state index in [1.165, 1.54) is 23.1 Å². The predicted molar refractivity (Wildman–Crippen MR) is 66.7 cm³/mol. The molecule has 1 aromatic rings. The first-order chi connectivity index (χ1) is 8.32. The van der Waals surface area contributed by atoms with E-state index in [2.05, 4.69) is 5.32 Å². The molecule has 1 rings (SSSR count). The van der Waals surface area contributed by atoms with E-state index in [-0.39, 0.29) is 11.6 Å². The van der Waals surface area contributed by atoms with E-state index in [0.29, 0.717) is 11.3 Å². The smallest absolute Gasteiger partial charge is 0.318 e. The van der Waals surface area contributed by atoms with Crippen molar-refractivity contribution in [2.75, 3.05) is 11.9 Å². The van der Waals surface area contributed by atoms with Crippen molar-refractivity contribution < 1.29 is 9.72 Å². The minimum Gasteiger partial charge on any atom is -0.351 e. The Morgan fingerprint density at radius 2 is 2.17 bits per heavy atom. The van der Waals surface area contributed by atoms with Gasteiger partial charge in [0.15, 0.2) is 0 Å². The fraction of sp³-hybridized carbons (Fsp3) is 0.200. The van der Waals surface area contributed by atoms with Crippen molar-refractivity contribution in [1.29, 1.82) is 5.41 Å². The molecule has 0 fully saturated rings. The molecule has 0 aromatic heterocycles. The third-order valence-electron chi connectivity index (χ3n) is 2.33. The van der Waals surface area contributed by atoms with Gasteiger partial charge in [-0.3, -0.25) is 20.8 Å². The molecule has 0 saturated carbocycles. The SMILES string of the molecule is Cc1cc([N+](=O)[O-])ccc1N(C)C(=N)NC(N)=O. The molecular formula is C10H13N5O3. The second kappa shape index (κ2) is 5.13. The molecule has 18 heavy (non-hydrogen) atoms. The van der Waals surface area contributed by atoms with Crippen LogP contribution in [0.2, 0.25) is 0 Å². The van der Waals surface area contributed by atoms with Crippen LogP contribution >= 0.6 is 0 Å². The maximum absolute atomic E-state index is 10.6. The Labute approximate surface area is 103 Å². The van der Waals surface area contributed by atoms with Gasteiger partial charge in [0.05, 0.1) is 4.92 Å². The molecule has 0 atom stereocenters. The van der Waals surface area contributed by atoms with Gasteiger partial charge in [0.25, 0.3) is 5.69 Å². The lowest BCUT2D eigenvalue weighted by Crippen LogP contribution is -2.44. The molecule has 4 N–H and O–H groups in total. The zero-order valence-corrected chi connectivity index (χ0v) is 9.93. The number of nitro benzene ring substituents is 1. The number of hydrogen-bond donors (Lipinski definition) is 3. The summed E-state index contributed by atoms with van der Waals surface area (Å²) in [5.74, 6) is -0.209. The van der Waals surface area contributed by atoms with Crippen LogP contribution in [-0.4, -0.2) is 24.0 Å². The Hall–Kier alpha value is -2.64. The van der Waals surface area contributed by atoms with Crippen LogP contribution in [0.3, 0.4) is 0 Å². The topological polar surface area (TPSA) is 125 Å². The van der Waals surface area contributed by atoms with E-state index >= 15 is 0 Å². The van der Waals surface area contributed by atoms with Crippen molar-refractivity contribution in [1.82, 2.24) is 5.32 Å².